The number of carbonyl (C=O) groups is 1. The van der Waals surface area contributed by atoms with Crippen LogP contribution in [0, 0.1) is 0 Å². The minimum absolute atomic E-state index is 0.0550. The molecule has 1 saturated heterocycles. The summed E-state index contributed by atoms with van der Waals surface area (Å²) in [4.78, 5) is 15.3. The maximum Gasteiger partial charge on any atom is 0.416 e. The van der Waals surface area contributed by atoms with Crippen LogP contribution in [-0.4, -0.2) is 47.2 Å². The summed E-state index contributed by atoms with van der Waals surface area (Å²) in [6.45, 7) is 2.25. The summed E-state index contributed by atoms with van der Waals surface area (Å²) in [6.07, 6.45) is -4.81. The molecular weight excluding hydrogens is 521 g/mol. The lowest BCUT2D eigenvalue weighted by molar-refractivity contribution is -0.137. The summed E-state index contributed by atoms with van der Waals surface area (Å²) < 4.78 is 94.0. The largest absolute Gasteiger partial charge is 0.416 e. The van der Waals surface area contributed by atoms with E-state index in [1.54, 1.807) is 24.3 Å². The van der Waals surface area contributed by atoms with Crippen LogP contribution >= 0.6 is 0 Å². The first kappa shape index (κ1) is 26.1. The minimum atomic E-state index is -4.70. The molecule has 0 bridgehead atoms. The van der Waals surface area contributed by atoms with Crippen LogP contribution in [0.3, 0.4) is 0 Å². The van der Waals surface area contributed by atoms with E-state index in [2.05, 4.69) is 15.0 Å². The number of rotatable bonds is 7. The third kappa shape index (κ3) is 5.71. The Bertz CT molecular complexity index is 1410. The van der Waals surface area contributed by atoms with E-state index in [1.807, 2.05) is 11.6 Å². The van der Waals surface area contributed by atoms with Gasteiger partial charge in [-0.05, 0) is 42.7 Å². The number of nitrogens with one attached hydrogen (secondary N) is 3. The molecule has 2 heterocycles. The fourth-order valence-electron chi connectivity index (χ4n) is 4.03. The zero-order valence-corrected chi connectivity index (χ0v) is 20.5. The van der Waals surface area contributed by atoms with Gasteiger partial charge in [0.2, 0.25) is 26.0 Å². The zero-order valence-electron chi connectivity index (χ0n) is 18.9. The molecule has 1 amide bonds. The number of halogens is 3. The molecule has 3 atom stereocenters. The molecule has 2 aromatic carbocycles. The van der Waals surface area contributed by atoms with Crippen molar-refractivity contribution in [1.29, 1.82) is 0 Å². The number of amides is 1. The van der Waals surface area contributed by atoms with Crippen molar-refractivity contribution >= 4 is 31.8 Å². The normalized spacial score (nSPS) is 22.6. The van der Waals surface area contributed by atoms with Crippen LogP contribution in [0.25, 0.3) is 0 Å². The monoisotopic (exact) mass is 544 g/mol. The summed E-state index contributed by atoms with van der Waals surface area (Å²) >= 11 is 0. The number of sulfonamides is 2. The SMILES string of the molecule is C[C@@H]1CN=C(C(Cc2ccc(C3CC(=O)NS3(=O)=O)cc2)NS(=O)(=O)c2cccc(C(F)(F)F)c2)N1. The van der Waals surface area contributed by atoms with Crippen molar-refractivity contribution in [1.82, 2.24) is 14.8 Å². The summed E-state index contributed by atoms with van der Waals surface area (Å²) in [5.41, 5.74) is -0.0605. The molecule has 0 aliphatic carbocycles. The molecule has 2 aliphatic heterocycles. The molecule has 1 fully saturated rings. The highest BCUT2D eigenvalue weighted by molar-refractivity contribution is 7.90. The number of benzene rings is 2. The van der Waals surface area contributed by atoms with E-state index < -0.39 is 53.9 Å². The molecule has 9 nitrogen and oxygen atoms in total. The van der Waals surface area contributed by atoms with Crippen molar-refractivity contribution in [3.05, 3.63) is 65.2 Å². The Morgan fingerprint density at radius 3 is 2.42 bits per heavy atom. The lowest BCUT2D eigenvalue weighted by Gasteiger charge is -2.21. The van der Waals surface area contributed by atoms with Crippen LogP contribution in [-0.2, 0) is 37.4 Å². The Labute approximate surface area is 206 Å². The molecule has 194 valence electrons. The third-order valence-electron chi connectivity index (χ3n) is 5.82. The summed E-state index contributed by atoms with van der Waals surface area (Å²) in [5.74, 6) is -0.247. The molecule has 0 saturated carbocycles. The molecule has 2 aromatic rings. The number of carbonyl (C=O) groups excluding carboxylic acids is 1. The molecule has 14 heteroatoms. The van der Waals surface area contributed by atoms with Crippen LogP contribution in [0.4, 0.5) is 13.2 Å². The number of alkyl halides is 3. The van der Waals surface area contributed by atoms with E-state index in [4.69, 9.17) is 0 Å². The predicted molar refractivity (Wildman–Crippen MR) is 125 cm³/mol. The first-order valence-corrected chi connectivity index (χ1v) is 13.9. The molecule has 0 aromatic heterocycles. The van der Waals surface area contributed by atoms with Crippen molar-refractivity contribution in [2.75, 3.05) is 6.54 Å². The smallest absolute Gasteiger partial charge is 0.368 e. The first-order valence-electron chi connectivity index (χ1n) is 10.9. The van der Waals surface area contributed by atoms with Crippen molar-refractivity contribution in [3.8, 4) is 0 Å². The van der Waals surface area contributed by atoms with Gasteiger partial charge < -0.3 is 5.32 Å². The van der Waals surface area contributed by atoms with Gasteiger partial charge >= 0.3 is 6.18 Å². The van der Waals surface area contributed by atoms with Crippen molar-refractivity contribution in [3.63, 3.8) is 0 Å². The maximum atomic E-state index is 13.1. The second-order valence-corrected chi connectivity index (χ2v) is 12.3. The first-order chi connectivity index (χ1) is 16.7. The Morgan fingerprint density at radius 1 is 1.17 bits per heavy atom. The van der Waals surface area contributed by atoms with Gasteiger partial charge in [0.1, 0.15) is 11.1 Å². The highest BCUT2D eigenvalue weighted by Crippen LogP contribution is 2.31. The molecule has 36 heavy (non-hydrogen) atoms. The van der Waals surface area contributed by atoms with Gasteiger partial charge in [-0.1, -0.05) is 30.3 Å². The van der Waals surface area contributed by atoms with E-state index in [0.717, 1.165) is 18.2 Å². The predicted octanol–water partition coefficient (Wildman–Crippen LogP) is 1.88. The number of nitrogens with zero attached hydrogens (tertiary/aromatic N) is 1. The maximum absolute atomic E-state index is 13.1. The lowest BCUT2D eigenvalue weighted by atomic mass is 10.0. The summed E-state index contributed by atoms with van der Waals surface area (Å²) in [7, 11) is -8.17. The van der Waals surface area contributed by atoms with Crippen LogP contribution in [0.1, 0.15) is 35.3 Å². The van der Waals surface area contributed by atoms with Crippen LogP contribution in [0.15, 0.2) is 58.4 Å². The quantitative estimate of drug-likeness (QED) is 0.488. The van der Waals surface area contributed by atoms with Gasteiger partial charge in [0.25, 0.3) is 0 Å². The zero-order chi connectivity index (χ0) is 26.3. The van der Waals surface area contributed by atoms with E-state index in [0.29, 0.717) is 29.6 Å². The number of hydrogen-bond acceptors (Lipinski definition) is 7. The van der Waals surface area contributed by atoms with Crippen molar-refractivity contribution in [2.24, 2.45) is 4.99 Å². The molecule has 0 spiro atoms. The Hall–Kier alpha value is -2.97. The summed E-state index contributed by atoms with van der Waals surface area (Å²) in [5, 5.41) is 2.06. The van der Waals surface area contributed by atoms with Crippen LogP contribution in [0.2, 0.25) is 0 Å². The second-order valence-electron chi connectivity index (χ2n) is 8.68. The molecular formula is C22H23F3N4O5S2. The highest BCUT2D eigenvalue weighted by Gasteiger charge is 2.38. The standard InChI is InChI=1S/C22H23F3N4O5S2/c1-13-12-26-21(27-13)18(28-35(31,32)17-4-2-3-16(10-17)22(23,24)25)9-14-5-7-15(8-6-14)19-11-20(30)29-36(19,33)34/h2-8,10,13,18-19,28H,9,11-12H2,1H3,(H,26,27)(H,29,30)/t13-,18?,19?/m1/s1. The molecule has 3 N–H and O–H groups in total. The van der Waals surface area contributed by atoms with E-state index in [9.17, 15) is 34.8 Å². The van der Waals surface area contributed by atoms with Crippen molar-refractivity contribution in [2.45, 2.75) is 48.2 Å². The van der Waals surface area contributed by atoms with E-state index in [1.165, 1.54) is 0 Å². The average molecular weight is 545 g/mol. The highest BCUT2D eigenvalue weighted by atomic mass is 32.2. The molecule has 2 aliphatic rings. The second kappa shape index (κ2) is 9.48. The Kier molecular flexibility index (Phi) is 6.88. The third-order valence-corrected chi connectivity index (χ3v) is 8.99. The van der Waals surface area contributed by atoms with Gasteiger partial charge in [-0.15, -0.1) is 0 Å². The topological polar surface area (TPSA) is 134 Å². The van der Waals surface area contributed by atoms with Gasteiger partial charge in [-0.25, -0.2) is 21.6 Å². The lowest BCUT2D eigenvalue weighted by Crippen LogP contribution is -2.47. The molecule has 0 radical (unpaired) electrons. The Morgan fingerprint density at radius 2 is 1.86 bits per heavy atom. The fraction of sp³-hybridized carbons (Fsp3) is 0.364. The van der Waals surface area contributed by atoms with Gasteiger partial charge in [0, 0.05) is 6.04 Å². The van der Waals surface area contributed by atoms with Gasteiger partial charge in [0.15, 0.2) is 0 Å². The van der Waals surface area contributed by atoms with Crippen molar-refractivity contribution < 1.29 is 34.8 Å². The number of amidine groups is 1. The van der Waals surface area contributed by atoms with Crippen LogP contribution in [0.5, 0.6) is 0 Å². The molecule has 2 unspecified atom stereocenters. The Balaban J connectivity index is 1.58. The molecule has 4 rings (SSSR count). The average Bonchev–Trinajstić information content (AvgIpc) is 3.34. The number of hydrogen-bond donors (Lipinski definition) is 3. The summed E-state index contributed by atoms with van der Waals surface area (Å²) in [6, 6.07) is 8.79. The van der Waals surface area contributed by atoms with E-state index in [-0.39, 0.29) is 18.9 Å². The van der Waals surface area contributed by atoms with E-state index >= 15 is 0 Å². The minimum Gasteiger partial charge on any atom is -0.368 e. The number of aliphatic imine (C=N–C) groups is 1. The van der Waals surface area contributed by atoms with Gasteiger partial charge in [-0.3, -0.25) is 14.5 Å². The van der Waals surface area contributed by atoms with Gasteiger partial charge in [0.05, 0.1) is 29.5 Å². The van der Waals surface area contributed by atoms with Crippen LogP contribution < -0.4 is 14.8 Å². The fourth-order valence-corrected chi connectivity index (χ4v) is 6.70. The van der Waals surface area contributed by atoms with Gasteiger partial charge in [-0.2, -0.15) is 13.2 Å².